The van der Waals surface area contributed by atoms with Crippen molar-refractivity contribution in [2.75, 3.05) is 0 Å². The normalized spacial score (nSPS) is 20.3. The number of furan rings is 1. The molecule has 0 saturated heterocycles. The molecule has 0 radical (unpaired) electrons. The molecule has 0 bridgehead atoms. The summed E-state index contributed by atoms with van der Waals surface area (Å²) in [5.41, 5.74) is 0. The summed E-state index contributed by atoms with van der Waals surface area (Å²) < 4.78 is 5.23. The van der Waals surface area contributed by atoms with Crippen LogP contribution in [0.2, 0.25) is 0 Å². The van der Waals surface area contributed by atoms with Crippen LogP contribution in [0.15, 0.2) is 22.8 Å². The van der Waals surface area contributed by atoms with Crippen LogP contribution in [-0.2, 0) is 6.42 Å². The van der Waals surface area contributed by atoms with Crippen LogP contribution < -0.4 is 0 Å². The molecular weight excluding hydrogens is 188 g/mol. The standard InChI is InChI=1S/C13H20O2/c14-12(10-13-7-4-8-15-13)9-11-5-2-1-3-6-11/h4,7-8,11-12,14H,1-3,5-6,9-10H2. The average Bonchev–Trinajstić information content (AvgIpc) is 2.71. The first-order chi connectivity index (χ1) is 7.34. The van der Waals surface area contributed by atoms with Gasteiger partial charge in [-0.3, -0.25) is 0 Å². The molecule has 1 aliphatic rings. The molecule has 0 aliphatic heterocycles. The van der Waals surface area contributed by atoms with Crippen LogP contribution in [0.5, 0.6) is 0 Å². The Morgan fingerprint density at radius 3 is 2.80 bits per heavy atom. The summed E-state index contributed by atoms with van der Waals surface area (Å²) in [5.74, 6) is 1.64. The zero-order valence-corrected chi connectivity index (χ0v) is 9.19. The Morgan fingerprint density at radius 2 is 2.13 bits per heavy atom. The maximum atomic E-state index is 9.91. The van der Waals surface area contributed by atoms with Gasteiger partial charge in [-0.25, -0.2) is 0 Å². The number of rotatable bonds is 4. The van der Waals surface area contributed by atoms with Crippen molar-refractivity contribution in [3.63, 3.8) is 0 Å². The van der Waals surface area contributed by atoms with Gasteiger partial charge in [-0.1, -0.05) is 32.1 Å². The molecule has 1 N–H and O–H groups in total. The first-order valence-corrected chi connectivity index (χ1v) is 6.05. The number of hydrogen-bond acceptors (Lipinski definition) is 2. The Labute approximate surface area is 91.3 Å². The Kier molecular flexibility index (Phi) is 3.84. The molecule has 1 fully saturated rings. The summed E-state index contributed by atoms with van der Waals surface area (Å²) in [6, 6.07) is 3.81. The van der Waals surface area contributed by atoms with Gasteiger partial charge in [-0.15, -0.1) is 0 Å². The molecule has 2 rings (SSSR count). The van der Waals surface area contributed by atoms with Crippen molar-refractivity contribution >= 4 is 0 Å². The summed E-state index contributed by atoms with van der Waals surface area (Å²) in [5, 5.41) is 9.91. The molecule has 84 valence electrons. The Hall–Kier alpha value is -0.760. The Bertz CT molecular complexity index is 260. The maximum Gasteiger partial charge on any atom is 0.106 e. The smallest absolute Gasteiger partial charge is 0.106 e. The second kappa shape index (κ2) is 5.36. The van der Waals surface area contributed by atoms with Gasteiger partial charge in [0.1, 0.15) is 5.76 Å². The van der Waals surface area contributed by atoms with Crippen molar-refractivity contribution in [3.05, 3.63) is 24.2 Å². The van der Waals surface area contributed by atoms with Gasteiger partial charge in [0.15, 0.2) is 0 Å². The van der Waals surface area contributed by atoms with Gasteiger partial charge in [0.05, 0.1) is 12.4 Å². The van der Waals surface area contributed by atoms with Crippen LogP contribution in [0.4, 0.5) is 0 Å². The predicted octanol–water partition coefficient (Wildman–Crippen LogP) is 3.15. The minimum atomic E-state index is -0.223. The summed E-state index contributed by atoms with van der Waals surface area (Å²) >= 11 is 0. The molecule has 1 aromatic heterocycles. The van der Waals surface area contributed by atoms with E-state index in [4.69, 9.17) is 4.42 Å². The molecule has 0 aromatic carbocycles. The first kappa shape index (κ1) is 10.7. The first-order valence-electron chi connectivity index (χ1n) is 6.05. The van der Waals surface area contributed by atoms with Crippen molar-refractivity contribution in [1.29, 1.82) is 0 Å². The number of hydrogen-bond donors (Lipinski definition) is 1. The molecule has 1 aliphatic carbocycles. The van der Waals surface area contributed by atoms with E-state index in [2.05, 4.69) is 0 Å². The predicted molar refractivity (Wildman–Crippen MR) is 59.6 cm³/mol. The van der Waals surface area contributed by atoms with Crippen molar-refractivity contribution < 1.29 is 9.52 Å². The fourth-order valence-electron chi connectivity index (χ4n) is 2.55. The summed E-state index contributed by atoms with van der Waals surface area (Å²) in [4.78, 5) is 0. The minimum Gasteiger partial charge on any atom is -0.469 e. The highest BCUT2D eigenvalue weighted by molar-refractivity contribution is 4.99. The van der Waals surface area contributed by atoms with Crippen molar-refractivity contribution in [2.24, 2.45) is 5.92 Å². The molecule has 0 amide bonds. The molecule has 2 nitrogen and oxygen atoms in total. The third-order valence-corrected chi connectivity index (χ3v) is 3.35. The molecule has 1 saturated carbocycles. The van der Waals surface area contributed by atoms with Crippen molar-refractivity contribution in [1.82, 2.24) is 0 Å². The van der Waals surface area contributed by atoms with Crippen LogP contribution in [-0.4, -0.2) is 11.2 Å². The molecule has 0 spiro atoms. The maximum absolute atomic E-state index is 9.91. The lowest BCUT2D eigenvalue weighted by atomic mass is 9.85. The molecule has 1 atom stereocenters. The lowest BCUT2D eigenvalue weighted by Crippen LogP contribution is -2.17. The van der Waals surface area contributed by atoms with E-state index >= 15 is 0 Å². The summed E-state index contributed by atoms with van der Waals surface area (Å²) in [7, 11) is 0. The van der Waals surface area contributed by atoms with Crippen LogP contribution >= 0.6 is 0 Å². The lowest BCUT2D eigenvalue weighted by Gasteiger charge is -2.23. The van der Waals surface area contributed by atoms with Crippen LogP contribution in [0.3, 0.4) is 0 Å². The Morgan fingerprint density at radius 1 is 1.33 bits per heavy atom. The third kappa shape index (κ3) is 3.38. The number of aliphatic hydroxyl groups excluding tert-OH is 1. The van der Waals surface area contributed by atoms with Gasteiger partial charge in [-0.05, 0) is 24.5 Å². The molecule has 1 aromatic rings. The molecule has 1 heterocycles. The molecule has 1 unspecified atom stereocenters. The second-order valence-electron chi connectivity index (χ2n) is 4.68. The van der Waals surface area contributed by atoms with Gasteiger partial charge >= 0.3 is 0 Å². The third-order valence-electron chi connectivity index (χ3n) is 3.35. The van der Waals surface area contributed by atoms with Crippen molar-refractivity contribution in [3.8, 4) is 0 Å². The largest absolute Gasteiger partial charge is 0.469 e. The van der Waals surface area contributed by atoms with Crippen molar-refractivity contribution in [2.45, 2.75) is 51.0 Å². The fraction of sp³-hybridized carbons (Fsp3) is 0.692. The minimum absolute atomic E-state index is 0.223. The highest BCUT2D eigenvalue weighted by Gasteiger charge is 2.18. The Balaban J connectivity index is 1.74. The van der Waals surface area contributed by atoms with Gasteiger partial charge in [0.25, 0.3) is 0 Å². The van der Waals surface area contributed by atoms with Crippen LogP contribution in [0.1, 0.15) is 44.3 Å². The highest BCUT2D eigenvalue weighted by Crippen LogP contribution is 2.27. The van der Waals surface area contributed by atoms with E-state index in [0.717, 1.165) is 18.1 Å². The van der Waals surface area contributed by atoms with E-state index in [-0.39, 0.29) is 6.10 Å². The summed E-state index contributed by atoms with van der Waals surface area (Å²) in [6.45, 7) is 0. The van der Waals surface area contributed by atoms with E-state index in [0.29, 0.717) is 6.42 Å². The monoisotopic (exact) mass is 208 g/mol. The fourth-order valence-corrected chi connectivity index (χ4v) is 2.55. The van der Waals surface area contributed by atoms with E-state index < -0.39 is 0 Å². The summed E-state index contributed by atoms with van der Waals surface area (Å²) in [6.07, 6.45) is 9.73. The second-order valence-corrected chi connectivity index (χ2v) is 4.68. The van der Waals surface area contributed by atoms with E-state index in [1.807, 2.05) is 12.1 Å². The van der Waals surface area contributed by atoms with Gasteiger partial charge in [0, 0.05) is 6.42 Å². The average molecular weight is 208 g/mol. The topological polar surface area (TPSA) is 33.4 Å². The zero-order chi connectivity index (χ0) is 10.5. The van der Waals surface area contributed by atoms with E-state index in [1.165, 1.54) is 32.1 Å². The highest BCUT2D eigenvalue weighted by atomic mass is 16.3. The van der Waals surface area contributed by atoms with Crippen LogP contribution in [0.25, 0.3) is 0 Å². The lowest BCUT2D eigenvalue weighted by molar-refractivity contribution is 0.125. The van der Waals surface area contributed by atoms with Gasteiger partial charge in [0.2, 0.25) is 0 Å². The number of aliphatic hydroxyl groups is 1. The quantitative estimate of drug-likeness (QED) is 0.824. The van der Waals surface area contributed by atoms with Crippen LogP contribution in [0, 0.1) is 5.92 Å². The SMILES string of the molecule is OC(Cc1ccco1)CC1CCCCC1. The van der Waals surface area contributed by atoms with E-state index in [1.54, 1.807) is 6.26 Å². The molecule has 2 heteroatoms. The van der Waals surface area contributed by atoms with E-state index in [9.17, 15) is 5.11 Å². The van der Waals surface area contributed by atoms with Gasteiger partial charge < -0.3 is 9.52 Å². The molecular formula is C13H20O2. The zero-order valence-electron chi connectivity index (χ0n) is 9.19. The molecule has 15 heavy (non-hydrogen) atoms. The van der Waals surface area contributed by atoms with Gasteiger partial charge in [-0.2, -0.15) is 0 Å².